The average molecular weight is 963 g/mol. The number of carbonyl (C=O) groups is 12. The van der Waals surface area contributed by atoms with E-state index in [9.17, 15) is 114 Å². The highest BCUT2D eigenvalue weighted by Gasteiger charge is 2.45. The van der Waals surface area contributed by atoms with Crippen LogP contribution >= 0.6 is 0 Å². The van der Waals surface area contributed by atoms with Crippen molar-refractivity contribution in [3.8, 4) is 0 Å². The summed E-state index contributed by atoms with van der Waals surface area (Å²) >= 11 is 0. The van der Waals surface area contributed by atoms with Gasteiger partial charge in [0.1, 0.15) is 11.6 Å². The molecule has 0 aliphatic rings. The summed E-state index contributed by atoms with van der Waals surface area (Å²) in [6.45, 7) is 0. The quantitative estimate of drug-likeness (QED) is 0.0306. The minimum atomic E-state index is -2.40. The fraction of sp³-hybridized carbons (Fsp3) is 0.714. The van der Waals surface area contributed by atoms with Gasteiger partial charge in [0.15, 0.2) is 0 Å². The van der Waals surface area contributed by atoms with Crippen LogP contribution in [0.25, 0.3) is 0 Å². The molecular formula is C42H62N2O23. The number of nitro groups is 1. The van der Waals surface area contributed by atoms with E-state index in [-0.39, 0.29) is 38.5 Å². The Kier molecular flexibility index (Phi) is 26.3. The molecule has 67 heavy (non-hydrogen) atoms. The molecule has 0 aromatic heterocycles. The number of amides is 1. The second-order valence-corrected chi connectivity index (χ2v) is 17.3. The number of rotatable bonds is 42. The molecule has 0 aromatic rings. The van der Waals surface area contributed by atoms with Gasteiger partial charge in [-0.25, -0.2) is 0 Å². The molecule has 0 unspecified atom stereocenters. The van der Waals surface area contributed by atoms with Gasteiger partial charge in [0.05, 0.1) is 0 Å². The third kappa shape index (κ3) is 26.2. The number of carbonyl (C=O) groups excluding carboxylic acids is 3. The molecule has 0 aromatic carbocycles. The summed E-state index contributed by atoms with van der Waals surface area (Å²) in [6, 6.07) is 0. The average Bonchev–Trinajstić information content (AvgIpc) is 3.21. The molecule has 0 aliphatic carbocycles. The van der Waals surface area contributed by atoms with Crippen molar-refractivity contribution in [1.29, 1.82) is 0 Å². The lowest BCUT2D eigenvalue weighted by molar-refractivity contribution is -0.573. The van der Waals surface area contributed by atoms with E-state index in [1.165, 1.54) is 0 Å². The molecule has 0 bridgehead atoms. The fourth-order valence-corrected chi connectivity index (χ4v) is 8.22. The molecule has 0 aliphatic heterocycles. The lowest BCUT2D eigenvalue weighted by Gasteiger charge is -2.35. The van der Waals surface area contributed by atoms with E-state index in [0.29, 0.717) is 0 Å². The Hall–Kier alpha value is -6.56. The van der Waals surface area contributed by atoms with Gasteiger partial charge < -0.3 is 51.3 Å². The van der Waals surface area contributed by atoms with Gasteiger partial charge in [0, 0.05) is 120 Å². The highest BCUT2D eigenvalue weighted by molar-refractivity contribution is 5.81. The Morgan fingerprint density at radius 2 is 0.567 bits per heavy atom. The second kappa shape index (κ2) is 29.2. The van der Waals surface area contributed by atoms with Gasteiger partial charge in [-0.15, -0.1) is 0 Å². The van der Waals surface area contributed by atoms with Crippen molar-refractivity contribution in [3.63, 3.8) is 0 Å². The maximum Gasteiger partial charge on any atom is 0.303 e. The van der Waals surface area contributed by atoms with Gasteiger partial charge in [-0.05, 0) is 68.6 Å². The van der Waals surface area contributed by atoms with Crippen molar-refractivity contribution in [2.45, 2.75) is 178 Å². The molecule has 0 fully saturated rings. The normalized spacial score (nSPS) is 11.8. The smallest absolute Gasteiger partial charge is 0.303 e. The number of nitrogens with one attached hydrogen (secondary N) is 1. The molecule has 25 heteroatoms. The molecule has 10 N–H and O–H groups in total. The van der Waals surface area contributed by atoms with Crippen molar-refractivity contribution in [2.24, 2.45) is 10.8 Å². The van der Waals surface area contributed by atoms with Gasteiger partial charge in [-0.1, -0.05) is 0 Å². The number of nitrogens with zero attached hydrogens (tertiary/aromatic N) is 1. The van der Waals surface area contributed by atoms with Crippen molar-refractivity contribution in [1.82, 2.24) is 5.32 Å². The Labute approximate surface area is 383 Å². The maximum atomic E-state index is 13.8. The van der Waals surface area contributed by atoms with Crippen molar-refractivity contribution in [2.75, 3.05) is 0 Å². The van der Waals surface area contributed by atoms with Crippen LogP contribution in [-0.4, -0.2) is 133 Å². The summed E-state index contributed by atoms with van der Waals surface area (Å²) in [5, 5.41) is 100. The maximum absolute atomic E-state index is 13.8. The molecule has 0 atom stereocenters. The minimum absolute atomic E-state index is 0.357. The lowest BCUT2D eigenvalue weighted by atomic mass is 9.70. The molecule has 25 nitrogen and oxygen atoms in total. The summed E-state index contributed by atoms with van der Waals surface area (Å²) in [5.41, 5.74) is -7.19. The largest absolute Gasteiger partial charge is 0.481 e. The molecule has 0 saturated carbocycles. The SMILES string of the molecule is O=C(O)CCC(CCC(=O)O)(CCC(=O)O)CC(=O)CCC(CCC(=O)CC(CCC(=O)O)(CCC(=O)O)CCC(=O)O)(CCC(=O)NC(CCC(=O)O)(CCC(=O)O)CCC(=O)O)[N+](=O)[O-]. The van der Waals surface area contributed by atoms with E-state index in [2.05, 4.69) is 5.32 Å². The van der Waals surface area contributed by atoms with Gasteiger partial charge >= 0.3 is 53.7 Å². The summed E-state index contributed by atoms with van der Waals surface area (Å²) in [4.78, 5) is 157. The summed E-state index contributed by atoms with van der Waals surface area (Å²) < 4.78 is 0. The molecule has 0 heterocycles. The minimum Gasteiger partial charge on any atom is -0.481 e. The highest BCUT2D eigenvalue weighted by Crippen LogP contribution is 2.42. The fourth-order valence-electron chi connectivity index (χ4n) is 8.22. The van der Waals surface area contributed by atoms with Crippen LogP contribution in [0.15, 0.2) is 0 Å². The van der Waals surface area contributed by atoms with Crippen molar-refractivity contribution >= 4 is 71.2 Å². The predicted molar refractivity (Wildman–Crippen MR) is 224 cm³/mol. The van der Waals surface area contributed by atoms with E-state index in [4.69, 9.17) is 0 Å². The summed E-state index contributed by atoms with van der Waals surface area (Å²) in [6.07, 6.45) is -15.0. The molecule has 0 saturated heterocycles. The van der Waals surface area contributed by atoms with Crippen LogP contribution in [0.3, 0.4) is 0 Å². The number of hydrogen-bond donors (Lipinski definition) is 10. The molecule has 0 radical (unpaired) electrons. The first-order valence-electron chi connectivity index (χ1n) is 21.5. The number of hydrogen-bond acceptors (Lipinski definition) is 14. The Morgan fingerprint density at radius 1 is 0.343 bits per heavy atom. The van der Waals surface area contributed by atoms with Crippen LogP contribution < -0.4 is 5.32 Å². The molecule has 0 spiro atoms. The van der Waals surface area contributed by atoms with E-state index >= 15 is 0 Å². The molecule has 378 valence electrons. The van der Waals surface area contributed by atoms with Crippen LogP contribution in [-0.2, 0) is 57.5 Å². The highest BCUT2D eigenvalue weighted by atomic mass is 16.6. The van der Waals surface area contributed by atoms with Gasteiger partial charge in [-0.2, -0.15) is 0 Å². The zero-order valence-corrected chi connectivity index (χ0v) is 37.1. The Bertz CT molecular complexity index is 1490. The monoisotopic (exact) mass is 962 g/mol. The molecule has 0 rings (SSSR count). The van der Waals surface area contributed by atoms with E-state index in [0.717, 1.165) is 0 Å². The first-order valence-corrected chi connectivity index (χ1v) is 21.5. The van der Waals surface area contributed by atoms with E-state index in [1.807, 2.05) is 0 Å². The Balaban J connectivity index is 7.27. The molecule has 1 amide bonds. The third-order valence-electron chi connectivity index (χ3n) is 12.2. The van der Waals surface area contributed by atoms with Crippen LogP contribution in [0.4, 0.5) is 0 Å². The topological polar surface area (TPSA) is 442 Å². The van der Waals surface area contributed by atoms with Crippen LogP contribution in [0, 0.1) is 20.9 Å². The van der Waals surface area contributed by atoms with E-state index in [1.54, 1.807) is 0 Å². The zero-order chi connectivity index (χ0) is 51.6. The zero-order valence-electron chi connectivity index (χ0n) is 37.1. The first-order chi connectivity index (χ1) is 31.0. The number of Topliss-reactive ketones (excluding diaryl/α,β-unsaturated/α-hetero) is 2. The van der Waals surface area contributed by atoms with Crippen molar-refractivity contribution < 1.29 is 108 Å². The number of ketones is 2. The molecular weight excluding hydrogens is 900 g/mol. The first kappa shape index (κ1) is 60.4. The van der Waals surface area contributed by atoms with E-state index < -0.39 is 226 Å². The third-order valence-corrected chi connectivity index (χ3v) is 12.2. The lowest BCUT2D eigenvalue weighted by Crippen LogP contribution is -2.50. The summed E-state index contributed by atoms with van der Waals surface area (Å²) in [5.74, 6) is -15.0. The summed E-state index contributed by atoms with van der Waals surface area (Å²) in [7, 11) is 0. The Morgan fingerprint density at radius 3 is 0.791 bits per heavy atom. The van der Waals surface area contributed by atoms with Gasteiger partial charge in [-0.3, -0.25) is 67.6 Å². The standard InChI is InChI=1S/C42H62N2O23/c45-27(25-39(13-4-30(48)49,14-5-31(50)51)15-6-32(52)53)1-22-42(44(66)67,23-2-28(46)26-40(16-7-33(54)55,17-8-34(56)57)18-9-35(58)59)24-3-29(47)43-41(19-10-36(60)61,20-11-37(62)63)21-12-38(64)65/h1-26H2,(H,43,47)(H,48,49)(H,50,51)(H,52,53)(H,54,55)(H,56,57)(H,58,59)(H,60,61)(H,62,63)(H,64,65). The predicted octanol–water partition coefficient (Wildman–Crippen LogP) is 3.87. The van der Waals surface area contributed by atoms with Crippen LogP contribution in [0.1, 0.15) is 167 Å². The second-order valence-electron chi connectivity index (χ2n) is 17.3. The van der Waals surface area contributed by atoms with Gasteiger partial charge in [0.25, 0.3) is 0 Å². The van der Waals surface area contributed by atoms with Gasteiger partial charge in [0.2, 0.25) is 11.4 Å². The van der Waals surface area contributed by atoms with Crippen LogP contribution in [0.2, 0.25) is 0 Å². The number of aliphatic carboxylic acids is 9. The number of carboxylic acid groups (broad SMARTS) is 9. The van der Waals surface area contributed by atoms with Crippen molar-refractivity contribution in [3.05, 3.63) is 10.1 Å². The number of carboxylic acids is 9. The van der Waals surface area contributed by atoms with Crippen LogP contribution in [0.5, 0.6) is 0 Å².